The molecular weight excluding hydrogens is 512 g/mol. The van der Waals surface area contributed by atoms with Gasteiger partial charge < -0.3 is 58.6 Å². The normalized spacial score (nSPS) is 26.6. The molecule has 4 aliphatic heterocycles. The smallest absolute Gasteiger partial charge is 0.547 e. The van der Waals surface area contributed by atoms with Crippen LogP contribution in [0.4, 0.5) is 0 Å². The van der Waals surface area contributed by atoms with Gasteiger partial charge in [0.25, 0.3) is 0 Å². The summed E-state index contributed by atoms with van der Waals surface area (Å²) in [5, 5.41) is 39.9. The van der Waals surface area contributed by atoms with Crippen molar-refractivity contribution in [1.82, 2.24) is 0 Å². The molecule has 4 heterocycles. The van der Waals surface area contributed by atoms with E-state index in [0.29, 0.717) is 52.1 Å². The van der Waals surface area contributed by atoms with Crippen LogP contribution in [0.5, 0.6) is 0 Å². The van der Waals surface area contributed by atoms with E-state index in [1.807, 2.05) is 0 Å². The Balaban J connectivity index is 0. The van der Waals surface area contributed by atoms with Gasteiger partial charge in [-0.2, -0.15) is 0 Å². The Morgan fingerprint density at radius 3 is 0.676 bits per heavy atom. The van der Waals surface area contributed by atoms with Crippen molar-refractivity contribution in [1.29, 1.82) is 0 Å². The first kappa shape index (κ1) is 36.4. The fourth-order valence-corrected chi connectivity index (χ4v) is 3.05. The van der Waals surface area contributed by atoms with E-state index in [9.17, 15) is 39.6 Å². The van der Waals surface area contributed by atoms with Gasteiger partial charge in [-0.15, -0.1) is 0 Å². The van der Waals surface area contributed by atoms with Crippen molar-refractivity contribution in [2.75, 3.05) is 26.4 Å². The third-order valence-corrected chi connectivity index (χ3v) is 4.77. The quantitative estimate of drug-likeness (QED) is 0.308. The van der Waals surface area contributed by atoms with E-state index in [4.69, 9.17) is 18.9 Å². The molecule has 0 aliphatic carbocycles. The Morgan fingerprint density at radius 2 is 0.618 bits per heavy atom. The Hall–Kier alpha value is 0.239. The second-order valence-corrected chi connectivity index (χ2v) is 7.28. The van der Waals surface area contributed by atoms with E-state index in [2.05, 4.69) is 0 Å². The van der Waals surface area contributed by atoms with E-state index in [0.717, 1.165) is 25.7 Å². The third-order valence-electron chi connectivity index (χ3n) is 4.77. The summed E-state index contributed by atoms with van der Waals surface area (Å²) in [5.74, 6) is -4.32. The molecule has 4 fully saturated rings. The second kappa shape index (κ2) is 21.3. The summed E-state index contributed by atoms with van der Waals surface area (Å²) in [4.78, 5) is 39.9. The number of carboxylic acids is 4. The molecule has 4 saturated heterocycles. The largest absolute Gasteiger partial charge is 2.00 e. The molecule has 0 aromatic heterocycles. The first-order valence-electron chi connectivity index (χ1n) is 10.5. The molecular formula is C20H28Ca2O12. The van der Waals surface area contributed by atoms with E-state index >= 15 is 0 Å². The molecule has 4 unspecified atom stereocenters. The second-order valence-electron chi connectivity index (χ2n) is 7.28. The molecule has 0 radical (unpaired) electrons. The number of carbonyl (C=O) groups is 4. The zero-order valence-electron chi connectivity index (χ0n) is 19.1. The average Bonchev–Trinajstić information content (AvgIpc) is 3.56. The summed E-state index contributed by atoms with van der Waals surface area (Å²) in [6, 6.07) is 0. The molecule has 0 spiro atoms. The van der Waals surface area contributed by atoms with Gasteiger partial charge in [-0.3, -0.25) is 0 Å². The van der Waals surface area contributed by atoms with Gasteiger partial charge in [-0.1, -0.05) is 0 Å². The number of aliphatic carboxylic acids is 4. The molecule has 0 saturated carbocycles. The average molecular weight is 541 g/mol. The van der Waals surface area contributed by atoms with Crippen molar-refractivity contribution in [3.8, 4) is 0 Å². The van der Waals surface area contributed by atoms with E-state index in [-0.39, 0.29) is 75.5 Å². The van der Waals surface area contributed by atoms with Crippen molar-refractivity contribution in [3.63, 3.8) is 0 Å². The van der Waals surface area contributed by atoms with Crippen molar-refractivity contribution >= 4 is 99.4 Å². The van der Waals surface area contributed by atoms with Gasteiger partial charge in [0.1, 0.15) is 0 Å². The van der Waals surface area contributed by atoms with Gasteiger partial charge in [0.05, 0.1) is 48.3 Å². The predicted octanol–water partition coefficient (Wildman–Crippen LogP) is -5.10. The van der Waals surface area contributed by atoms with Crippen molar-refractivity contribution in [3.05, 3.63) is 0 Å². The summed E-state index contributed by atoms with van der Waals surface area (Å²) >= 11 is 0. The van der Waals surface area contributed by atoms with Gasteiger partial charge in [0.2, 0.25) is 0 Å². The van der Waals surface area contributed by atoms with Crippen molar-refractivity contribution < 1.29 is 58.6 Å². The van der Waals surface area contributed by atoms with Gasteiger partial charge in [0, 0.05) is 26.4 Å². The first-order chi connectivity index (χ1) is 15.2. The van der Waals surface area contributed by atoms with Gasteiger partial charge >= 0.3 is 75.5 Å². The topological polar surface area (TPSA) is 197 Å². The predicted molar refractivity (Wildman–Crippen MR) is 107 cm³/mol. The Morgan fingerprint density at radius 1 is 0.441 bits per heavy atom. The zero-order valence-corrected chi connectivity index (χ0v) is 23.5. The van der Waals surface area contributed by atoms with Crippen LogP contribution in [0, 0.1) is 0 Å². The number of ether oxygens (including phenoxy) is 4. The van der Waals surface area contributed by atoms with Gasteiger partial charge in [-0.25, -0.2) is 0 Å². The summed E-state index contributed by atoms with van der Waals surface area (Å²) in [7, 11) is 0. The maximum absolute atomic E-state index is 9.97. The zero-order chi connectivity index (χ0) is 23.9. The van der Waals surface area contributed by atoms with Crippen LogP contribution in [0.15, 0.2) is 0 Å². The van der Waals surface area contributed by atoms with Crippen LogP contribution in [0.25, 0.3) is 0 Å². The molecule has 34 heavy (non-hydrogen) atoms. The fourth-order valence-electron chi connectivity index (χ4n) is 3.05. The third kappa shape index (κ3) is 16.1. The molecule has 0 bridgehead atoms. The van der Waals surface area contributed by atoms with Gasteiger partial charge in [-0.05, 0) is 51.4 Å². The molecule has 0 aromatic carbocycles. The van der Waals surface area contributed by atoms with Crippen LogP contribution < -0.4 is 20.4 Å². The van der Waals surface area contributed by atoms with Crippen molar-refractivity contribution in [2.24, 2.45) is 0 Å². The summed E-state index contributed by atoms with van der Waals surface area (Å²) < 4.78 is 19.0. The Labute approximate surface area is 257 Å². The van der Waals surface area contributed by atoms with Crippen LogP contribution in [0.1, 0.15) is 51.4 Å². The monoisotopic (exact) mass is 540 g/mol. The molecule has 4 atom stereocenters. The molecule has 4 aliphatic rings. The number of carboxylic acid groups (broad SMARTS) is 4. The van der Waals surface area contributed by atoms with Gasteiger partial charge in [0.15, 0.2) is 0 Å². The minimum absolute atomic E-state index is 0. The molecule has 0 N–H and O–H groups in total. The van der Waals surface area contributed by atoms with Crippen LogP contribution in [0.2, 0.25) is 0 Å². The number of rotatable bonds is 4. The first-order valence-corrected chi connectivity index (χ1v) is 10.5. The molecule has 0 aromatic rings. The molecule has 14 heteroatoms. The summed E-state index contributed by atoms with van der Waals surface area (Å²) in [5.41, 5.74) is 0. The summed E-state index contributed by atoms with van der Waals surface area (Å²) in [6.07, 6.45) is 3.32. The standard InChI is InChI=1S/4C5H8O3.2Ca/c4*6-5(7)4-2-1-3-8-4;;/h4*4H,1-3H2,(H,6,7);;/q;;;;2*+2/p-4. The minimum atomic E-state index is -1.08. The maximum atomic E-state index is 9.97. The molecule has 184 valence electrons. The Bertz CT molecular complexity index is 490. The van der Waals surface area contributed by atoms with E-state index in [1.54, 1.807) is 0 Å². The van der Waals surface area contributed by atoms with Crippen molar-refractivity contribution in [2.45, 2.75) is 75.8 Å². The SMILES string of the molecule is O=C([O-])C1CCCO1.O=C([O-])C1CCCO1.O=C([O-])C1CCCO1.O=C([O-])C1CCCO1.[Ca+2].[Ca+2]. The van der Waals surface area contributed by atoms with E-state index in [1.165, 1.54) is 0 Å². The molecule has 0 amide bonds. The fraction of sp³-hybridized carbons (Fsp3) is 0.800. The van der Waals surface area contributed by atoms with E-state index < -0.39 is 48.3 Å². The maximum Gasteiger partial charge on any atom is 2.00 e. The summed E-state index contributed by atoms with van der Waals surface area (Å²) in [6.45, 7) is 2.27. The number of hydrogen-bond donors (Lipinski definition) is 0. The number of hydrogen-bond acceptors (Lipinski definition) is 12. The molecule has 4 rings (SSSR count). The van der Waals surface area contributed by atoms with Crippen LogP contribution in [0.3, 0.4) is 0 Å². The minimum Gasteiger partial charge on any atom is -0.547 e. The van der Waals surface area contributed by atoms with Crippen LogP contribution >= 0.6 is 0 Å². The molecule has 12 nitrogen and oxygen atoms in total. The Kier molecular flexibility index (Phi) is 22.8. The number of carbonyl (C=O) groups excluding carboxylic acids is 4. The van der Waals surface area contributed by atoms with Crippen LogP contribution in [-0.2, 0) is 38.1 Å². The van der Waals surface area contributed by atoms with Crippen LogP contribution in [-0.4, -0.2) is 150 Å².